The van der Waals surface area contributed by atoms with Crippen LogP contribution in [0.25, 0.3) is 0 Å². The van der Waals surface area contributed by atoms with Crippen LogP contribution >= 0.6 is 11.3 Å². The van der Waals surface area contributed by atoms with E-state index in [9.17, 15) is 14.4 Å². The van der Waals surface area contributed by atoms with E-state index in [1.54, 1.807) is 31.3 Å². The molecule has 0 unspecified atom stereocenters. The molecule has 1 aromatic carbocycles. The number of carbonyl (C=O) groups excluding carboxylic acids is 3. The molecule has 0 aliphatic carbocycles. The Kier molecular flexibility index (Phi) is 7.45. The highest BCUT2D eigenvalue weighted by Gasteiger charge is 2.32. The van der Waals surface area contributed by atoms with Crippen molar-refractivity contribution in [3.63, 3.8) is 0 Å². The largest absolute Gasteiger partial charge is 0.493 e. The second-order valence-electron chi connectivity index (χ2n) is 6.57. The second-order valence-corrected chi connectivity index (χ2v) is 7.55. The Morgan fingerprint density at radius 3 is 2.75 bits per heavy atom. The van der Waals surface area contributed by atoms with Gasteiger partial charge in [0.1, 0.15) is 0 Å². The summed E-state index contributed by atoms with van der Waals surface area (Å²) >= 11 is 1.50. The van der Waals surface area contributed by atoms with E-state index in [2.05, 4.69) is 21.2 Å². The minimum Gasteiger partial charge on any atom is -0.493 e. The van der Waals surface area contributed by atoms with Crippen LogP contribution in [0.15, 0.2) is 52.1 Å². The molecular formula is C21H22N4O6S. The summed E-state index contributed by atoms with van der Waals surface area (Å²) in [4.78, 5) is 37.1. The first kappa shape index (κ1) is 22.8. The number of hydrogen-bond donors (Lipinski definition) is 3. The minimum atomic E-state index is -0.742. The number of allylic oxidation sites excluding steroid dienone is 1. The summed E-state index contributed by atoms with van der Waals surface area (Å²) in [5, 5.41) is 11.0. The van der Waals surface area contributed by atoms with E-state index in [0.29, 0.717) is 22.8 Å². The lowest BCUT2D eigenvalue weighted by Crippen LogP contribution is -2.45. The third-order valence-electron chi connectivity index (χ3n) is 4.48. The first-order valence-corrected chi connectivity index (χ1v) is 10.3. The molecular weight excluding hydrogens is 436 g/mol. The number of nitrogens with zero attached hydrogens (tertiary/aromatic N) is 1. The molecule has 1 atom stereocenters. The van der Waals surface area contributed by atoms with Crippen LogP contribution in [0.5, 0.6) is 11.5 Å². The zero-order chi connectivity index (χ0) is 23.1. The number of hydrogen-bond acceptors (Lipinski definition) is 8. The van der Waals surface area contributed by atoms with Crippen LogP contribution in [0.4, 0.5) is 4.79 Å². The normalized spacial score (nSPS) is 15.7. The van der Waals surface area contributed by atoms with Crippen molar-refractivity contribution in [1.29, 1.82) is 0 Å². The number of amides is 3. The van der Waals surface area contributed by atoms with E-state index >= 15 is 0 Å². The standard InChI is InChI=1S/C21H22N4O6S/c1-12-18(20(27)30-3)19(24-21(28)23-12)13-6-7-15(16(9-13)29-2)31-11-17(26)25-22-10-14-5-4-8-32-14/h4-10,19H,11H2,1-3H3,(H,25,26)(H2,23,24,28)/b22-10-/t19-/m0/s1. The van der Waals surface area contributed by atoms with Gasteiger partial charge in [-0.05, 0) is 36.1 Å². The van der Waals surface area contributed by atoms with E-state index in [-0.39, 0.29) is 12.2 Å². The fourth-order valence-corrected chi connectivity index (χ4v) is 3.60. The van der Waals surface area contributed by atoms with E-state index < -0.39 is 23.9 Å². The van der Waals surface area contributed by atoms with Gasteiger partial charge in [0.25, 0.3) is 5.91 Å². The maximum absolute atomic E-state index is 12.2. The van der Waals surface area contributed by atoms with Crippen LogP contribution in [0, 0.1) is 0 Å². The molecule has 3 amide bonds. The molecule has 2 aromatic rings. The third-order valence-corrected chi connectivity index (χ3v) is 5.29. The average Bonchev–Trinajstić information content (AvgIpc) is 3.30. The molecule has 0 saturated carbocycles. The van der Waals surface area contributed by atoms with Crippen LogP contribution in [0.2, 0.25) is 0 Å². The highest BCUT2D eigenvalue weighted by molar-refractivity contribution is 7.11. The average molecular weight is 458 g/mol. The Balaban J connectivity index is 1.71. The fourth-order valence-electron chi connectivity index (χ4n) is 3.02. The lowest BCUT2D eigenvalue weighted by molar-refractivity contribution is -0.136. The van der Waals surface area contributed by atoms with Gasteiger partial charge in [0.15, 0.2) is 18.1 Å². The smallest absolute Gasteiger partial charge is 0.337 e. The Bertz CT molecular complexity index is 1060. The van der Waals surface area contributed by atoms with E-state index in [4.69, 9.17) is 14.2 Å². The first-order chi connectivity index (χ1) is 15.4. The van der Waals surface area contributed by atoms with Crippen molar-refractivity contribution in [2.24, 2.45) is 5.10 Å². The SMILES string of the molecule is COC(=O)C1=C(C)NC(=O)N[C@H]1c1ccc(OCC(=O)N/N=C\c2cccs2)c(OC)c1. The molecule has 0 bridgehead atoms. The van der Waals surface area contributed by atoms with Gasteiger partial charge in [-0.2, -0.15) is 5.10 Å². The van der Waals surface area contributed by atoms with Crippen LogP contribution in [0.1, 0.15) is 23.4 Å². The third kappa shape index (κ3) is 5.43. The predicted octanol–water partition coefficient (Wildman–Crippen LogP) is 2.09. The van der Waals surface area contributed by atoms with Gasteiger partial charge in [-0.25, -0.2) is 15.0 Å². The molecule has 3 rings (SSSR count). The van der Waals surface area contributed by atoms with Crippen LogP contribution < -0.4 is 25.5 Å². The molecule has 1 aliphatic heterocycles. The number of methoxy groups -OCH3 is 2. The van der Waals surface area contributed by atoms with Crippen molar-refractivity contribution in [2.45, 2.75) is 13.0 Å². The van der Waals surface area contributed by atoms with E-state index in [0.717, 1.165) is 4.88 Å². The van der Waals surface area contributed by atoms with Crippen molar-refractivity contribution in [3.05, 3.63) is 57.4 Å². The van der Waals surface area contributed by atoms with Gasteiger partial charge >= 0.3 is 12.0 Å². The minimum absolute atomic E-state index is 0.269. The maximum atomic E-state index is 12.2. The second kappa shape index (κ2) is 10.4. The summed E-state index contributed by atoms with van der Waals surface area (Å²) in [6.45, 7) is 1.33. The number of urea groups is 1. The number of thiophene rings is 1. The van der Waals surface area contributed by atoms with E-state index in [1.165, 1.54) is 25.6 Å². The fraction of sp³-hybridized carbons (Fsp3) is 0.238. The van der Waals surface area contributed by atoms with Crippen LogP contribution in [0.3, 0.4) is 0 Å². The molecule has 11 heteroatoms. The summed E-state index contributed by atoms with van der Waals surface area (Å²) in [6, 6.07) is 7.44. The quantitative estimate of drug-likeness (QED) is 0.316. The van der Waals surface area contributed by atoms with Crippen LogP contribution in [-0.4, -0.2) is 44.9 Å². The van der Waals surface area contributed by atoms with Crippen molar-refractivity contribution < 1.29 is 28.6 Å². The molecule has 32 heavy (non-hydrogen) atoms. The highest BCUT2D eigenvalue weighted by Crippen LogP contribution is 2.34. The molecule has 1 aliphatic rings. The monoisotopic (exact) mass is 458 g/mol. The molecule has 1 aromatic heterocycles. The molecule has 2 heterocycles. The lowest BCUT2D eigenvalue weighted by atomic mass is 9.95. The summed E-state index contributed by atoms with van der Waals surface area (Å²) < 4.78 is 15.8. The maximum Gasteiger partial charge on any atom is 0.337 e. The van der Waals surface area contributed by atoms with Gasteiger partial charge in [0, 0.05) is 10.6 Å². The van der Waals surface area contributed by atoms with Gasteiger partial charge in [0.05, 0.1) is 32.0 Å². The Labute approximate surface area is 188 Å². The number of carbonyl (C=O) groups is 3. The van der Waals surface area contributed by atoms with Gasteiger partial charge in [-0.15, -0.1) is 11.3 Å². The Morgan fingerprint density at radius 2 is 2.06 bits per heavy atom. The van der Waals surface area contributed by atoms with Crippen molar-refractivity contribution in [3.8, 4) is 11.5 Å². The number of benzene rings is 1. The summed E-state index contributed by atoms with van der Waals surface area (Å²) in [5.74, 6) is -0.374. The van der Waals surface area contributed by atoms with Crippen molar-refractivity contribution in [1.82, 2.24) is 16.1 Å². The van der Waals surface area contributed by atoms with Crippen molar-refractivity contribution >= 4 is 35.5 Å². The summed E-state index contributed by atoms with van der Waals surface area (Å²) in [7, 11) is 2.71. The molecule has 0 radical (unpaired) electrons. The van der Waals surface area contributed by atoms with Crippen molar-refractivity contribution in [2.75, 3.05) is 20.8 Å². The summed E-state index contributed by atoms with van der Waals surface area (Å²) in [5.41, 5.74) is 3.63. The van der Waals surface area contributed by atoms with Gasteiger partial charge in [-0.1, -0.05) is 12.1 Å². The number of nitrogens with one attached hydrogen (secondary N) is 3. The molecule has 168 valence electrons. The lowest BCUT2D eigenvalue weighted by Gasteiger charge is -2.28. The van der Waals surface area contributed by atoms with Gasteiger partial charge < -0.3 is 24.8 Å². The first-order valence-electron chi connectivity index (χ1n) is 9.45. The zero-order valence-corrected chi connectivity index (χ0v) is 18.4. The molecule has 0 saturated heterocycles. The molecule has 3 N–H and O–H groups in total. The highest BCUT2D eigenvalue weighted by atomic mass is 32.1. The topological polar surface area (TPSA) is 127 Å². The number of ether oxygens (including phenoxy) is 3. The molecule has 10 nitrogen and oxygen atoms in total. The number of rotatable bonds is 8. The zero-order valence-electron chi connectivity index (χ0n) is 17.6. The van der Waals surface area contributed by atoms with Gasteiger partial charge in [-0.3, -0.25) is 4.79 Å². The van der Waals surface area contributed by atoms with Gasteiger partial charge in [0.2, 0.25) is 0 Å². The van der Waals surface area contributed by atoms with Crippen LogP contribution in [-0.2, 0) is 14.3 Å². The number of hydrazone groups is 1. The molecule has 0 fully saturated rings. The predicted molar refractivity (Wildman–Crippen MR) is 118 cm³/mol. The molecule has 0 spiro atoms. The van der Waals surface area contributed by atoms with E-state index in [1.807, 2.05) is 17.5 Å². The Hall–Kier alpha value is -3.86. The Morgan fingerprint density at radius 1 is 1.25 bits per heavy atom. The number of esters is 1. The summed E-state index contributed by atoms with van der Waals surface area (Å²) in [6.07, 6.45) is 1.54.